The van der Waals surface area contributed by atoms with Gasteiger partial charge in [0.2, 0.25) is 0 Å². The first-order valence-corrected chi connectivity index (χ1v) is 9.95. The Morgan fingerprint density at radius 3 is 2.35 bits per heavy atom. The second-order valence-electron chi connectivity index (χ2n) is 6.11. The van der Waals surface area contributed by atoms with Crippen molar-refractivity contribution in [2.24, 2.45) is 0 Å². The van der Waals surface area contributed by atoms with Gasteiger partial charge in [-0.1, -0.05) is 37.6 Å². The lowest BCUT2D eigenvalue weighted by atomic mass is 10.1. The Bertz CT molecular complexity index is 894. The highest BCUT2D eigenvalue weighted by Crippen LogP contribution is 2.33. The van der Waals surface area contributed by atoms with Crippen LogP contribution in [0.2, 0.25) is 0 Å². The Hall–Kier alpha value is -2.54. The number of fused-ring (bicyclic) bond motifs is 1. The number of methoxy groups -OCH3 is 1. The highest BCUT2D eigenvalue weighted by Gasteiger charge is 2.41. The van der Waals surface area contributed by atoms with Gasteiger partial charge in [-0.25, -0.2) is 8.61 Å². The lowest BCUT2D eigenvalue weighted by molar-refractivity contribution is 0.0856. The van der Waals surface area contributed by atoms with Crippen LogP contribution in [-0.2, 0) is 16.8 Å². The third kappa shape index (κ3) is 3.26. The van der Waals surface area contributed by atoms with Gasteiger partial charge < -0.3 is 4.74 Å². The van der Waals surface area contributed by atoms with E-state index in [0.717, 1.165) is 16.3 Å². The number of rotatable bonds is 6. The zero-order valence-electron chi connectivity index (χ0n) is 14.9. The maximum Gasteiger partial charge on any atom is 0.329 e. The smallest absolute Gasteiger partial charge is 0.329 e. The number of hydrogen-bond acceptors (Lipinski definition) is 4. The summed E-state index contributed by atoms with van der Waals surface area (Å²) in [7, 11) is -2.35. The number of ether oxygens (including phenoxy) is 1. The molecule has 26 heavy (non-hydrogen) atoms. The van der Waals surface area contributed by atoms with E-state index in [9.17, 15) is 13.2 Å². The normalized spacial score (nSPS) is 15.7. The van der Waals surface area contributed by atoms with E-state index >= 15 is 0 Å². The van der Waals surface area contributed by atoms with E-state index in [1.165, 1.54) is 4.31 Å². The maximum atomic E-state index is 13.1. The first kappa shape index (κ1) is 18.3. The van der Waals surface area contributed by atoms with Crippen LogP contribution in [0.5, 0.6) is 5.75 Å². The molecule has 138 valence electrons. The lowest BCUT2D eigenvalue weighted by Crippen LogP contribution is -2.51. The Labute approximate surface area is 154 Å². The van der Waals surface area contributed by atoms with Gasteiger partial charge in [-0.2, -0.15) is 8.42 Å². The SMILES string of the molecule is CCCCN1C(=O)c2ccccc2N(Cc2ccc(OC)cc2)S1(=O)=O. The number of carbonyl (C=O) groups excluding carboxylic acids is 1. The predicted molar refractivity (Wildman–Crippen MR) is 100 cm³/mol. The van der Waals surface area contributed by atoms with E-state index in [4.69, 9.17) is 4.74 Å². The van der Waals surface area contributed by atoms with E-state index in [1.54, 1.807) is 43.5 Å². The van der Waals surface area contributed by atoms with Gasteiger partial charge in [-0.15, -0.1) is 0 Å². The van der Waals surface area contributed by atoms with Crippen molar-refractivity contribution in [3.8, 4) is 5.75 Å². The van der Waals surface area contributed by atoms with Crippen LogP contribution in [0.1, 0.15) is 35.7 Å². The monoisotopic (exact) mass is 374 g/mol. The molecule has 0 aromatic heterocycles. The molecule has 0 saturated heterocycles. The van der Waals surface area contributed by atoms with E-state index in [2.05, 4.69) is 0 Å². The molecule has 1 heterocycles. The van der Waals surface area contributed by atoms with Crippen molar-refractivity contribution in [3.05, 3.63) is 59.7 Å². The molecule has 3 rings (SSSR count). The van der Waals surface area contributed by atoms with Gasteiger partial charge >= 0.3 is 10.2 Å². The van der Waals surface area contributed by atoms with Crippen LogP contribution < -0.4 is 9.04 Å². The van der Waals surface area contributed by atoms with Crippen LogP contribution >= 0.6 is 0 Å². The van der Waals surface area contributed by atoms with Gasteiger partial charge in [-0.05, 0) is 36.2 Å². The minimum Gasteiger partial charge on any atom is -0.497 e. The van der Waals surface area contributed by atoms with Crippen molar-refractivity contribution in [2.45, 2.75) is 26.3 Å². The van der Waals surface area contributed by atoms with Crippen LogP contribution in [0.4, 0.5) is 5.69 Å². The molecule has 1 aliphatic rings. The highest BCUT2D eigenvalue weighted by molar-refractivity contribution is 7.91. The number of hydrogen-bond donors (Lipinski definition) is 0. The van der Waals surface area contributed by atoms with Gasteiger partial charge in [0.25, 0.3) is 5.91 Å². The van der Waals surface area contributed by atoms with E-state index < -0.39 is 16.1 Å². The van der Waals surface area contributed by atoms with Crippen molar-refractivity contribution in [2.75, 3.05) is 18.0 Å². The zero-order valence-corrected chi connectivity index (χ0v) is 15.7. The summed E-state index contributed by atoms with van der Waals surface area (Å²) < 4.78 is 33.7. The molecule has 0 unspecified atom stereocenters. The number of benzene rings is 2. The summed E-state index contributed by atoms with van der Waals surface area (Å²) in [4.78, 5) is 12.7. The summed E-state index contributed by atoms with van der Waals surface area (Å²) >= 11 is 0. The number of anilines is 1. The van der Waals surface area contributed by atoms with Crippen LogP contribution in [0.15, 0.2) is 48.5 Å². The van der Waals surface area contributed by atoms with Crippen molar-refractivity contribution < 1.29 is 17.9 Å². The van der Waals surface area contributed by atoms with Crippen molar-refractivity contribution in [3.63, 3.8) is 0 Å². The summed E-state index contributed by atoms with van der Waals surface area (Å²) in [6, 6.07) is 14.1. The molecule has 2 aromatic rings. The average molecular weight is 374 g/mol. The summed E-state index contributed by atoms with van der Waals surface area (Å²) in [5.41, 5.74) is 1.64. The second kappa shape index (κ2) is 7.37. The van der Waals surface area contributed by atoms with Crippen LogP contribution in [0.3, 0.4) is 0 Å². The van der Waals surface area contributed by atoms with E-state index in [0.29, 0.717) is 23.4 Å². The van der Waals surface area contributed by atoms with Crippen LogP contribution in [0, 0.1) is 0 Å². The highest BCUT2D eigenvalue weighted by atomic mass is 32.2. The van der Waals surface area contributed by atoms with Gasteiger partial charge in [0, 0.05) is 6.54 Å². The molecular formula is C19H22N2O4S. The summed E-state index contributed by atoms with van der Waals surface area (Å²) in [6.07, 6.45) is 1.43. The second-order valence-corrected chi connectivity index (χ2v) is 7.89. The number of para-hydroxylation sites is 1. The van der Waals surface area contributed by atoms with E-state index in [1.807, 2.05) is 19.1 Å². The van der Waals surface area contributed by atoms with E-state index in [-0.39, 0.29) is 13.1 Å². The molecule has 6 nitrogen and oxygen atoms in total. The average Bonchev–Trinajstić information content (AvgIpc) is 2.65. The molecule has 0 radical (unpaired) electrons. The molecule has 1 amide bonds. The Balaban J connectivity index is 2.02. The molecule has 7 heteroatoms. The molecule has 1 aliphatic heterocycles. The Morgan fingerprint density at radius 1 is 1.00 bits per heavy atom. The number of nitrogens with zero attached hydrogens (tertiary/aromatic N) is 2. The molecule has 0 bridgehead atoms. The molecule has 0 aliphatic carbocycles. The van der Waals surface area contributed by atoms with Crippen molar-refractivity contribution in [1.29, 1.82) is 0 Å². The first-order chi connectivity index (χ1) is 12.5. The third-order valence-electron chi connectivity index (χ3n) is 4.39. The van der Waals surface area contributed by atoms with Crippen LogP contribution in [0.25, 0.3) is 0 Å². The zero-order chi connectivity index (χ0) is 18.7. The van der Waals surface area contributed by atoms with Crippen molar-refractivity contribution in [1.82, 2.24) is 4.31 Å². The van der Waals surface area contributed by atoms with Crippen molar-refractivity contribution >= 4 is 21.8 Å². The lowest BCUT2D eigenvalue weighted by Gasteiger charge is -2.37. The summed E-state index contributed by atoms with van der Waals surface area (Å²) in [6.45, 7) is 2.30. The largest absolute Gasteiger partial charge is 0.497 e. The summed E-state index contributed by atoms with van der Waals surface area (Å²) in [5, 5.41) is 0. The van der Waals surface area contributed by atoms with Crippen LogP contribution in [-0.4, -0.2) is 32.3 Å². The third-order valence-corrected chi connectivity index (χ3v) is 6.17. The first-order valence-electron chi connectivity index (χ1n) is 8.55. The quantitative estimate of drug-likeness (QED) is 0.779. The minimum absolute atomic E-state index is 0.152. The molecule has 0 spiro atoms. The van der Waals surface area contributed by atoms with Gasteiger partial charge in [-0.3, -0.25) is 4.79 Å². The molecule has 0 saturated carbocycles. The predicted octanol–water partition coefficient (Wildman–Crippen LogP) is 3.20. The van der Waals surface area contributed by atoms with Gasteiger partial charge in [0.1, 0.15) is 5.75 Å². The minimum atomic E-state index is -3.93. The van der Waals surface area contributed by atoms with Gasteiger partial charge in [0.05, 0.1) is 24.9 Å². The number of unbranched alkanes of at least 4 members (excludes halogenated alkanes) is 1. The Kier molecular flexibility index (Phi) is 5.18. The molecule has 2 aromatic carbocycles. The maximum absolute atomic E-state index is 13.1. The topological polar surface area (TPSA) is 66.9 Å². The number of carbonyl (C=O) groups is 1. The fourth-order valence-corrected chi connectivity index (χ4v) is 4.56. The Morgan fingerprint density at radius 2 is 1.69 bits per heavy atom. The fraction of sp³-hybridized carbons (Fsp3) is 0.316. The standard InChI is InChI=1S/C19H22N2O4S/c1-3-4-13-20-19(22)17-7-5-6-8-18(17)21(26(20,23)24)14-15-9-11-16(25-2)12-10-15/h5-12H,3-4,13-14H2,1-2H3. The summed E-state index contributed by atoms with van der Waals surface area (Å²) in [5.74, 6) is 0.246. The molecule has 0 N–H and O–H groups in total. The molecular weight excluding hydrogens is 352 g/mol. The number of amides is 1. The molecule has 0 fully saturated rings. The fourth-order valence-electron chi connectivity index (χ4n) is 2.94. The molecule has 0 atom stereocenters. The van der Waals surface area contributed by atoms with Gasteiger partial charge in [0.15, 0.2) is 0 Å².